The van der Waals surface area contributed by atoms with Gasteiger partial charge in [0.15, 0.2) is 0 Å². The SMILES string of the molecule is Cc1ccc(Cl)cc1C(CC(=O)O)N(C)c1ccccc1. The minimum atomic E-state index is -0.831. The fourth-order valence-electron chi connectivity index (χ4n) is 2.43. The summed E-state index contributed by atoms with van der Waals surface area (Å²) < 4.78 is 0. The van der Waals surface area contributed by atoms with Crippen LogP contribution in [0.15, 0.2) is 48.5 Å². The lowest BCUT2D eigenvalue weighted by atomic mass is 9.97. The second-order valence-electron chi connectivity index (χ2n) is 5.06. The molecule has 3 nitrogen and oxygen atoms in total. The summed E-state index contributed by atoms with van der Waals surface area (Å²) in [7, 11) is 1.91. The number of anilines is 1. The Bertz CT molecular complexity index is 628. The maximum Gasteiger partial charge on any atom is 0.305 e. The molecular formula is C17H18ClNO2. The van der Waals surface area contributed by atoms with Gasteiger partial charge in [-0.25, -0.2) is 0 Å². The monoisotopic (exact) mass is 303 g/mol. The number of halogens is 1. The van der Waals surface area contributed by atoms with Gasteiger partial charge in [-0.15, -0.1) is 0 Å². The highest BCUT2D eigenvalue weighted by Gasteiger charge is 2.22. The molecule has 4 heteroatoms. The van der Waals surface area contributed by atoms with E-state index in [4.69, 9.17) is 11.6 Å². The van der Waals surface area contributed by atoms with Gasteiger partial charge in [-0.05, 0) is 42.3 Å². The Hall–Kier alpha value is -2.00. The fourth-order valence-corrected chi connectivity index (χ4v) is 2.61. The lowest BCUT2D eigenvalue weighted by Gasteiger charge is -2.30. The molecule has 0 aromatic heterocycles. The average molecular weight is 304 g/mol. The number of carboxylic acid groups (broad SMARTS) is 1. The zero-order chi connectivity index (χ0) is 15.4. The molecule has 0 aliphatic carbocycles. The number of benzene rings is 2. The minimum absolute atomic E-state index is 0.0204. The van der Waals surface area contributed by atoms with Crippen LogP contribution in [0, 0.1) is 6.92 Å². The molecule has 0 saturated carbocycles. The standard InChI is InChI=1S/C17H18ClNO2/c1-12-8-9-13(18)10-15(12)16(11-17(20)21)19(2)14-6-4-3-5-7-14/h3-10,16H,11H2,1-2H3,(H,20,21). The molecule has 1 unspecified atom stereocenters. The van der Waals surface area contributed by atoms with E-state index in [9.17, 15) is 9.90 Å². The Labute approximate surface area is 129 Å². The van der Waals surface area contributed by atoms with Crippen LogP contribution in [0.25, 0.3) is 0 Å². The lowest BCUT2D eigenvalue weighted by Crippen LogP contribution is -2.27. The number of aryl methyl sites for hydroxylation is 1. The molecule has 0 radical (unpaired) electrons. The van der Waals surface area contributed by atoms with E-state index < -0.39 is 5.97 Å². The van der Waals surface area contributed by atoms with E-state index in [1.165, 1.54) is 0 Å². The molecule has 2 aromatic rings. The van der Waals surface area contributed by atoms with Gasteiger partial charge in [0.2, 0.25) is 0 Å². The van der Waals surface area contributed by atoms with Crippen LogP contribution in [0.2, 0.25) is 5.02 Å². The molecule has 2 rings (SSSR count). The van der Waals surface area contributed by atoms with Gasteiger partial charge in [0.05, 0.1) is 12.5 Å². The summed E-state index contributed by atoms with van der Waals surface area (Å²) in [5.41, 5.74) is 2.95. The van der Waals surface area contributed by atoms with E-state index in [1.54, 1.807) is 0 Å². The molecule has 0 aliphatic heterocycles. The number of nitrogens with zero attached hydrogens (tertiary/aromatic N) is 1. The summed E-state index contributed by atoms with van der Waals surface area (Å²) >= 11 is 6.08. The Balaban J connectivity index is 2.43. The van der Waals surface area contributed by atoms with E-state index >= 15 is 0 Å². The van der Waals surface area contributed by atoms with Crippen LogP contribution in [0.4, 0.5) is 5.69 Å². The van der Waals surface area contributed by atoms with Crippen molar-refractivity contribution >= 4 is 23.3 Å². The van der Waals surface area contributed by atoms with Crippen molar-refractivity contribution in [1.82, 2.24) is 0 Å². The molecule has 2 aromatic carbocycles. The van der Waals surface area contributed by atoms with E-state index in [1.807, 2.05) is 67.4 Å². The van der Waals surface area contributed by atoms with Crippen LogP contribution in [0.1, 0.15) is 23.6 Å². The van der Waals surface area contributed by atoms with Crippen LogP contribution in [-0.2, 0) is 4.79 Å². The van der Waals surface area contributed by atoms with Gasteiger partial charge in [-0.3, -0.25) is 4.79 Å². The first-order valence-electron chi connectivity index (χ1n) is 6.74. The first-order chi connectivity index (χ1) is 9.99. The van der Waals surface area contributed by atoms with Crippen LogP contribution in [0.3, 0.4) is 0 Å². The number of hydrogen-bond donors (Lipinski definition) is 1. The van der Waals surface area contributed by atoms with Crippen LogP contribution < -0.4 is 4.90 Å². The lowest BCUT2D eigenvalue weighted by molar-refractivity contribution is -0.137. The van der Waals surface area contributed by atoms with Gasteiger partial charge in [0.1, 0.15) is 0 Å². The molecular weight excluding hydrogens is 286 g/mol. The molecule has 0 saturated heterocycles. The average Bonchev–Trinajstić information content (AvgIpc) is 2.47. The highest BCUT2D eigenvalue weighted by Crippen LogP contribution is 2.31. The van der Waals surface area contributed by atoms with Crippen molar-refractivity contribution in [2.45, 2.75) is 19.4 Å². The van der Waals surface area contributed by atoms with Crippen LogP contribution >= 0.6 is 11.6 Å². The quantitative estimate of drug-likeness (QED) is 0.895. The van der Waals surface area contributed by atoms with E-state index in [0.29, 0.717) is 5.02 Å². The number of carbonyl (C=O) groups is 1. The topological polar surface area (TPSA) is 40.5 Å². The van der Waals surface area contributed by atoms with Gasteiger partial charge in [0.25, 0.3) is 0 Å². The normalized spacial score (nSPS) is 12.0. The third-order valence-corrected chi connectivity index (χ3v) is 3.83. The smallest absolute Gasteiger partial charge is 0.305 e. The van der Waals surface area contributed by atoms with Gasteiger partial charge in [-0.1, -0.05) is 35.9 Å². The molecule has 1 N–H and O–H groups in total. The van der Waals surface area contributed by atoms with Crippen LogP contribution in [0.5, 0.6) is 0 Å². The number of carboxylic acids is 1. The van der Waals surface area contributed by atoms with Crippen molar-refractivity contribution in [2.75, 3.05) is 11.9 Å². The first-order valence-corrected chi connectivity index (χ1v) is 7.12. The zero-order valence-corrected chi connectivity index (χ0v) is 12.8. The maximum atomic E-state index is 11.3. The predicted octanol–water partition coefficient (Wildman–Crippen LogP) is 4.30. The Morgan fingerprint density at radius 2 is 1.90 bits per heavy atom. The fraction of sp³-hybridized carbons (Fsp3) is 0.235. The third-order valence-electron chi connectivity index (χ3n) is 3.60. The molecule has 1 atom stereocenters. The highest BCUT2D eigenvalue weighted by atomic mass is 35.5. The number of rotatable bonds is 5. The van der Waals surface area contributed by atoms with E-state index in [-0.39, 0.29) is 12.5 Å². The van der Waals surface area contributed by atoms with Gasteiger partial charge in [-0.2, -0.15) is 0 Å². The molecule has 21 heavy (non-hydrogen) atoms. The van der Waals surface area contributed by atoms with Crippen molar-refractivity contribution in [2.24, 2.45) is 0 Å². The third kappa shape index (κ3) is 3.76. The van der Waals surface area contributed by atoms with Gasteiger partial charge in [0, 0.05) is 17.8 Å². The van der Waals surface area contributed by atoms with Crippen LogP contribution in [-0.4, -0.2) is 18.1 Å². The van der Waals surface area contributed by atoms with Gasteiger partial charge >= 0.3 is 5.97 Å². The van der Waals surface area contributed by atoms with Crippen molar-refractivity contribution in [3.63, 3.8) is 0 Å². The predicted molar refractivity (Wildman–Crippen MR) is 86.0 cm³/mol. The van der Waals surface area contributed by atoms with Crippen molar-refractivity contribution in [3.8, 4) is 0 Å². The summed E-state index contributed by atoms with van der Waals surface area (Å²) in [6, 6.07) is 15.1. The molecule has 0 fully saturated rings. The Morgan fingerprint density at radius 1 is 1.24 bits per heavy atom. The second-order valence-corrected chi connectivity index (χ2v) is 5.50. The largest absolute Gasteiger partial charge is 0.481 e. The molecule has 0 amide bonds. The second kappa shape index (κ2) is 6.64. The molecule has 0 heterocycles. The molecule has 0 spiro atoms. The summed E-state index contributed by atoms with van der Waals surface area (Å²) in [5, 5.41) is 9.86. The van der Waals surface area contributed by atoms with Crippen molar-refractivity contribution in [1.29, 1.82) is 0 Å². The van der Waals surface area contributed by atoms with Crippen molar-refractivity contribution in [3.05, 3.63) is 64.7 Å². The summed E-state index contributed by atoms with van der Waals surface area (Å²) in [4.78, 5) is 13.2. The zero-order valence-electron chi connectivity index (χ0n) is 12.1. The van der Waals surface area contributed by atoms with E-state index in [2.05, 4.69) is 0 Å². The Morgan fingerprint density at radius 3 is 2.52 bits per heavy atom. The minimum Gasteiger partial charge on any atom is -0.481 e. The molecule has 0 bridgehead atoms. The number of aliphatic carboxylic acids is 1. The maximum absolute atomic E-state index is 11.3. The van der Waals surface area contributed by atoms with E-state index in [0.717, 1.165) is 16.8 Å². The summed E-state index contributed by atoms with van der Waals surface area (Å²) in [6.45, 7) is 1.97. The molecule has 0 aliphatic rings. The number of hydrogen-bond acceptors (Lipinski definition) is 2. The summed E-state index contributed by atoms with van der Waals surface area (Å²) in [6.07, 6.45) is 0.0204. The summed E-state index contributed by atoms with van der Waals surface area (Å²) in [5.74, 6) is -0.831. The number of para-hydroxylation sites is 1. The molecule has 110 valence electrons. The van der Waals surface area contributed by atoms with Gasteiger partial charge < -0.3 is 10.0 Å². The highest BCUT2D eigenvalue weighted by molar-refractivity contribution is 6.30. The van der Waals surface area contributed by atoms with Crippen molar-refractivity contribution < 1.29 is 9.90 Å². The first kappa shape index (κ1) is 15.4. The Kier molecular flexibility index (Phi) is 4.86.